The Balaban J connectivity index is 2.24. The van der Waals surface area contributed by atoms with Gasteiger partial charge in [-0.15, -0.1) is 0 Å². The summed E-state index contributed by atoms with van der Waals surface area (Å²) in [6, 6.07) is 6.06. The van der Waals surface area contributed by atoms with E-state index in [0.717, 1.165) is 16.9 Å². The number of hydrogen-bond donors (Lipinski definition) is 0. The number of esters is 1. The highest BCUT2D eigenvalue weighted by Gasteiger charge is 2.42. The van der Waals surface area contributed by atoms with Crippen LogP contribution >= 0.6 is 0 Å². The first kappa shape index (κ1) is 13.9. The first-order valence-electron chi connectivity index (χ1n) is 6.50. The van der Waals surface area contributed by atoms with E-state index >= 15 is 0 Å². The van der Waals surface area contributed by atoms with Crippen molar-refractivity contribution < 1.29 is 19.0 Å². The third kappa shape index (κ3) is 2.73. The highest BCUT2D eigenvalue weighted by Crippen LogP contribution is 2.37. The summed E-state index contributed by atoms with van der Waals surface area (Å²) < 4.78 is 15.6. The van der Waals surface area contributed by atoms with Crippen molar-refractivity contribution in [2.45, 2.75) is 25.7 Å². The number of hydrogen-bond acceptors (Lipinski definition) is 4. The first-order chi connectivity index (χ1) is 9.11. The normalized spacial score (nSPS) is 16.6. The summed E-state index contributed by atoms with van der Waals surface area (Å²) in [5.41, 5.74) is 1.96. The quantitative estimate of drug-likeness (QED) is 0.765. The summed E-state index contributed by atoms with van der Waals surface area (Å²) >= 11 is 0. The van der Waals surface area contributed by atoms with Crippen LogP contribution < -0.4 is 4.74 Å². The third-order valence-electron chi connectivity index (χ3n) is 3.55. The topological polar surface area (TPSA) is 44.8 Å². The summed E-state index contributed by atoms with van der Waals surface area (Å²) in [4.78, 5) is 11.5. The lowest BCUT2D eigenvalue weighted by Gasteiger charge is -2.41. The lowest BCUT2D eigenvalue weighted by atomic mass is 9.75. The van der Waals surface area contributed by atoms with E-state index in [4.69, 9.17) is 14.2 Å². The molecule has 0 radical (unpaired) electrons. The molecule has 0 atom stereocenters. The van der Waals surface area contributed by atoms with Crippen LogP contribution in [0.25, 0.3) is 0 Å². The maximum absolute atomic E-state index is 11.5. The van der Waals surface area contributed by atoms with Gasteiger partial charge >= 0.3 is 5.97 Å². The molecule has 0 N–H and O–H groups in total. The van der Waals surface area contributed by atoms with E-state index in [1.807, 2.05) is 26.0 Å². The number of benzene rings is 1. The molecule has 1 aromatic rings. The third-order valence-corrected chi connectivity index (χ3v) is 3.55. The Kier molecular flexibility index (Phi) is 4.10. The van der Waals surface area contributed by atoms with Crippen molar-refractivity contribution in [3.63, 3.8) is 0 Å². The molecule has 0 aliphatic carbocycles. The van der Waals surface area contributed by atoms with E-state index in [2.05, 4.69) is 6.07 Å². The Morgan fingerprint density at radius 2 is 2.16 bits per heavy atom. The van der Waals surface area contributed by atoms with Gasteiger partial charge in [0.05, 0.1) is 38.8 Å². The van der Waals surface area contributed by atoms with Gasteiger partial charge in [-0.3, -0.25) is 4.79 Å². The zero-order valence-corrected chi connectivity index (χ0v) is 11.7. The van der Waals surface area contributed by atoms with E-state index in [0.29, 0.717) is 26.2 Å². The molecule has 1 aliphatic rings. The molecular weight excluding hydrogens is 244 g/mol. The molecule has 1 heterocycles. The van der Waals surface area contributed by atoms with Gasteiger partial charge in [0.2, 0.25) is 0 Å². The molecule has 0 bridgehead atoms. The van der Waals surface area contributed by atoms with Gasteiger partial charge in [0, 0.05) is 0 Å². The smallest absolute Gasteiger partial charge is 0.306 e. The molecule has 2 rings (SSSR count). The van der Waals surface area contributed by atoms with Gasteiger partial charge in [-0.25, -0.2) is 0 Å². The van der Waals surface area contributed by atoms with Crippen molar-refractivity contribution in [2.75, 3.05) is 26.9 Å². The molecule has 0 unspecified atom stereocenters. The zero-order valence-electron chi connectivity index (χ0n) is 11.7. The number of carbonyl (C=O) groups is 1. The molecule has 1 aliphatic heterocycles. The summed E-state index contributed by atoms with van der Waals surface area (Å²) in [7, 11) is 1.42. The van der Waals surface area contributed by atoms with Crippen molar-refractivity contribution in [1.29, 1.82) is 0 Å². The van der Waals surface area contributed by atoms with Crippen molar-refractivity contribution in [2.24, 2.45) is 0 Å². The van der Waals surface area contributed by atoms with Crippen LogP contribution in [0, 0.1) is 6.92 Å². The Morgan fingerprint density at radius 1 is 1.42 bits per heavy atom. The van der Waals surface area contributed by atoms with E-state index < -0.39 is 0 Å². The van der Waals surface area contributed by atoms with Crippen molar-refractivity contribution in [3.8, 4) is 5.75 Å². The van der Waals surface area contributed by atoms with Crippen LogP contribution in [0.4, 0.5) is 0 Å². The van der Waals surface area contributed by atoms with Gasteiger partial charge in [0.1, 0.15) is 5.75 Å². The summed E-state index contributed by atoms with van der Waals surface area (Å²) in [5, 5.41) is 0. The van der Waals surface area contributed by atoms with Crippen LogP contribution in [0.2, 0.25) is 0 Å². The first-order valence-corrected chi connectivity index (χ1v) is 6.50. The average Bonchev–Trinajstić information content (AvgIpc) is 2.36. The molecule has 0 spiro atoms. The van der Waals surface area contributed by atoms with Crippen molar-refractivity contribution >= 4 is 5.97 Å². The van der Waals surface area contributed by atoms with E-state index in [9.17, 15) is 4.79 Å². The van der Waals surface area contributed by atoms with E-state index in [1.54, 1.807) is 0 Å². The second kappa shape index (κ2) is 5.61. The van der Waals surface area contributed by atoms with Crippen molar-refractivity contribution in [1.82, 2.24) is 0 Å². The number of ether oxygens (including phenoxy) is 3. The maximum Gasteiger partial charge on any atom is 0.306 e. The van der Waals surface area contributed by atoms with Crippen LogP contribution in [0.3, 0.4) is 0 Å². The molecule has 0 aromatic heterocycles. The molecule has 104 valence electrons. The molecular formula is C15H20O4. The lowest BCUT2D eigenvalue weighted by molar-refractivity contribution is -0.148. The largest absolute Gasteiger partial charge is 0.494 e. The van der Waals surface area contributed by atoms with Gasteiger partial charge in [0.15, 0.2) is 0 Å². The Morgan fingerprint density at radius 3 is 2.63 bits per heavy atom. The van der Waals surface area contributed by atoms with Gasteiger partial charge in [0.25, 0.3) is 0 Å². The number of carbonyl (C=O) groups excluding carboxylic acids is 1. The fourth-order valence-corrected chi connectivity index (χ4v) is 2.36. The Labute approximate surface area is 113 Å². The van der Waals surface area contributed by atoms with E-state index in [1.165, 1.54) is 7.11 Å². The highest BCUT2D eigenvalue weighted by atomic mass is 16.5. The van der Waals surface area contributed by atoms with Gasteiger partial charge in [-0.05, 0) is 31.0 Å². The maximum atomic E-state index is 11.5. The van der Waals surface area contributed by atoms with Gasteiger partial charge in [-0.2, -0.15) is 0 Å². The fourth-order valence-electron chi connectivity index (χ4n) is 2.36. The molecule has 4 nitrogen and oxygen atoms in total. The lowest BCUT2D eigenvalue weighted by Crippen LogP contribution is -2.48. The van der Waals surface area contributed by atoms with Gasteiger partial charge in [-0.1, -0.05) is 12.1 Å². The molecule has 0 amide bonds. The molecule has 19 heavy (non-hydrogen) atoms. The zero-order chi connectivity index (χ0) is 13.9. The minimum Gasteiger partial charge on any atom is -0.494 e. The van der Waals surface area contributed by atoms with Crippen LogP contribution in [0.1, 0.15) is 24.5 Å². The molecule has 1 aromatic carbocycles. The minimum atomic E-state index is -0.234. The van der Waals surface area contributed by atoms with Crippen LogP contribution in [0.15, 0.2) is 18.2 Å². The number of aryl methyl sites for hydroxylation is 1. The van der Waals surface area contributed by atoms with E-state index in [-0.39, 0.29) is 11.4 Å². The standard InChI is InChI=1S/C15H20O4/c1-4-19-13-6-5-12(7-11(13)2)15(9-18-10-15)8-14(16)17-3/h5-7H,4,8-10H2,1-3H3. The second-order valence-corrected chi connectivity index (χ2v) is 4.94. The molecule has 4 heteroatoms. The van der Waals surface area contributed by atoms with Crippen molar-refractivity contribution in [3.05, 3.63) is 29.3 Å². The Bertz CT molecular complexity index is 463. The molecule has 1 saturated heterocycles. The molecule has 0 saturated carbocycles. The monoisotopic (exact) mass is 264 g/mol. The highest BCUT2D eigenvalue weighted by molar-refractivity contribution is 5.71. The predicted molar refractivity (Wildman–Crippen MR) is 71.5 cm³/mol. The fraction of sp³-hybridized carbons (Fsp3) is 0.533. The SMILES string of the molecule is CCOc1ccc(C2(CC(=O)OC)COC2)cc1C. The number of rotatable bonds is 5. The summed E-state index contributed by atoms with van der Waals surface area (Å²) in [5.74, 6) is 0.689. The summed E-state index contributed by atoms with van der Waals surface area (Å²) in [6.07, 6.45) is 0.358. The molecule has 1 fully saturated rings. The van der Waals surface area contributed by atoms with Crippen LogP contribution in [-0.2, 0) is 19.7 Å². The van der Waals surface area contributed by atoms with Crippen LogP contribution in [-0.4, -0.2) is 32.9 Å². The Hall–Kier alpha value is -1.55. The predicted octanol–water partition coefficient (Wildman–Crippen LogP) is 2.22. The van der Waals surface area contributed by atoms with Gasteiger partial charge < -0.3 is 14.2 Å². The summed E-state index contributed by atoms with van der Waals surface area (Å²) in [6.45, 7) is 5.76. The second-order valence-electron chi connectivity index (χ2n) is 4.94. The average molecular weight is 264 g/mol. The van der Waals surface area contributed by atoms with Crippen LogP contribution in [0.5, 0.6) is 5.75 Å². The minimum absolute atomic E-state index is 0.199. The number of methoxy groups -OCH3 is 1.